The van der Waals surface area contributed by atoms with Crippen LogP contribution in [-0.4, -0.2) is 31.6 Å². The Labute approximate surface area is 85.1 Å². The Morgan fingerprint density at radius 1 is 1.57 bits per heavy atom. The summed E-state index contributed by atoms with van der Waals surface area (Å²) in [4.78, 5) is 7.34. The van der Waals surface area contributed by atoms with Gasteiger partial charge in [-0.1, -0.05) is 5.92 Å². The van der Waals surface area contributed by atoms with Crippen molar-refractivity contribution in [1.82, 2.24) is 10.4 Å². The van der Waals surface area contributed by atoms with Gasteiger partial charge in [0.1, 0.15) is 5.70 Å². The smallest absolute Gasteiger partial charge is 0.111 e. The third kappa shape index (κ3) is 1.63. The molecule has 0 aromatic carbocycles. The van der Waals surface area contributed by atoms with Crippen molar-refractivity contribution in [2.24, 2.45) is 5.92 Å². The molecule has 3 saturated heterocycles. The highest BCUT2D eigenvalue weighted by Crippen LogP contribution is 2.32. The molecule has 0 saturated carbocycles. The fourth-order valence-corrected chi connectivity index (χ4v) is 2.38. The second kappa shape index (κ2) is 4.04. The van der Waals surface area contributed by atoms with Gasteiger partial charge in [-0.15, -0.1) is 6.42 Å². The van der Waals surface area contributed by atoms with Gasteiger partial charge in [0, 0.05) is 6.54 Å². The average Bonchev–Trinajstić information content (AvgIpc) is 2.27. The van der Waals surface area contributed by atoms with E-state index in [4.69, 9.17) is 11.3 Å². The molecule has 0 aliphatic carbocycles. The molecule has 0 amide bonds. The Hall–Kier alpha value is -0.980. The molecule has 0 spiro atoms. The lowest BCUT2D eigenvalue weighted by Gasteiger charge is -2.41. The first-order valence-corrected chi connectivity index (χ1v) is 5.06. The number of hydrogen-bond acceptors (Lipinski definition) is 3. The summed E-state index contributed by atoms with van der Waals surface area (Å²) in [5, 5.41) is 0. The lowest BCUT2D eigenvalue weighted by molar-refractivity contribution is 0.112. The van der Waals surface area contributed by atoms with Gasteiger partial charge in [0.25, 0.3) is 0 Å². The molecule has 3 heteroatoms. The molecule has 0 radical (unpaired) electrons. The zero-order chi connectivity index (χ0) is 9.97. The lowest BCUT2D eigenvalue weighted by Crippen LogP contribution is -2.44. The quantitative estimate of drug-likeness (QED) is 0.516. The van der Waals surface area contributed by atoms with E-state index in [1.54, 1.807) is 7.11 Å². The predicted octanol–water partition coefficient (Wildman–Crippen LogP) is 0.750. The summed E-state index contributed by atoms with van der Waals surface area (Å²) in [6, 6.07) is 0. The van der Waals surface area contributed by atoms with Crippen molar-refractivity contribution in [3.05, 3.63) is 11.3 Å². The normalized spacial score (nSPS) is 33.7. The number of piperidine rings is 3. The molecule has 1 N–H and O–H groups in total. The van der Waals surface area contributed by atoms with E-state index in [0.29, 0.717) is 5.92 Å². The van der Waals surface area contributed by atoms with Crippen LogP contribution in [0.4, 0.5) is 0 Å². The van der Waals surface area contributed by atoms with E-state index < -0.39 is 0 Å². The Morgan fingerprint density at radius 2 is 2.29 bits per heavy atom. The fourth-order valence-electron chi connectivity index (χ4n) is 2.38. The minimum absolute atomic E-state index is 0.675. The number of nitrogens with zero attached hydrogens (tertiary/aromatic N) is 1. The first-order chi connectivity index (χ1) is 6.85. The summed E-state index contributed by atoms with van der Waals surface area (Å²) in [7, 11) is 1.60. The lowest BCUT2D eigenvalue weighted by atomic mass is 9.83. The minimum atomic E-state index is 0.675. The highest BCUT2D eigenvalue weighted by atomic mass is 16.6. The highest BCUT2D eigenvalue weighted by molar-refractivity contribution is 5.33. The molecule has 0 atom stereocenters. The zero-order valence-corrected chi connectivity index (χ0v) is 8.55. The molecular weight excluding hydrogens is 176 g/mol. The number of fused-ring (bicyclic) bond motifs is 3. The van der Waals surface area contributed by atoms with Gasteiger partial charge in [-0.2, -0.15) is 0 Å². The van der Waals surface area contributed by atoms with Crippen LogP contribution in [0.2, 0.25) is 0 Å². The van der Waals surface area contributed by atoms with Crippen LogP contribution in [0.15, 0.2) is 11.3 Å². The van der Waals surface area contributed by atoms with Crippen LogP contribution in [0, 0.1) is 18.3 Å². The molecule has 0 aromatic rings. The van der Waals surface area contributed by atoms with Gasteiger partial charge < -0.3 is 0 Å². The number of terminal acetylenes is 1. The second-order valence-corrected chi connectivity index (χ2v) is 3.90. The van der Waals surface area contributed by atoms with Gasteiger partial charge in [0.05, 0.1) is 7.11 Å². The third-order valence-electron chi connectivity index (χ3n) is 3.14. The Morgan fingerprint density at radius 3 is 2.71 bits per heavy atom. The van der Waals surface area contributed by atoms with Crippen molar-refractivity contribution in [3.63, 3.8) is 0 Å². The monoisotopic (exact) mass is 192 g/mol. The van der Waals surface area contributed by atoms with Crippen LogP contribution in [-0.2, 0) is 4.84 Å². The van der Waals surface area contributed by atoms with E-state index >= 15 is 0 Å². The van der Waals surface area contributed by atoms with E-state index in [1.807, 2.05) is 0 Å². The van der Waals surface area contributed by atoms with E-state index in [9.17, 15) is 0 Å². The first-order valence-electron chi connectivity index (χ1n) is 5.06. The van der Waals surface area contributed by atoms with Gasteiger partial charge in [0.15, 0.2) is 0 Å². The molecule has 3 aliphatic rings. The number of allylic oxidation sites excluding steroid dienone is 1. The molecular formula is C11H16N2O. The number of hydroxylamine groups is 1. The maximum Gasteiger partial charge on any atom is 0.111 e. The van der Waals surface area contributed by atoms with Crippen LogP contribution >= 0.6 is 0 Å². The van der Waals surface area contributed by atoms with Crippen LogP contribution in [0.5, 0.6) is 0 Å². The van der Waals surface area contributed by atoms with Gasteiger partial charge >= 0.3 is 0 Å². The molecule has 3 fully saturated rings. The molecule has 76 valence electrons. The standard InChI is InChI=1S/C11H16N2O/c1-3-11(12-14-2)10-8-13-6-4-9(10)5-7-13/h1,9,12H,4-8H2,2H3/b11-10-. The van der Waals surface area contributed by atoms with Crippen LogP contribution in [0.25, 0.3) is 0 Å². The maximum absolute atomic E-state index is 5.45. The number of nitrogens with one attached hydrogen (secondary N) is 1. The average molecular weight is 192 g/mol. The largest absolute Gasteiger partial charge is 0.299 e. The third-order valence-corrected chi connectivity index (χ3v) is 3.14. The molecule has 3 nitrogen and oxygen atoms in total. The van der Waals surface area contributed by atoms with Crippen molar-refractivity contribution in [3.8, 4) is 12.3 Å². The van der Waals surface area contributed by atoms with E-state index in [-0.39, 0.29) is 0 Å². The maximum atomic E-state index is 5.45. The number of hydrogen-bond donors (Lipinski definition) is 1. The minimum Gasteiger partial charge on any atom is -0.299 e. The first kappa shape index (κ1) is 9.57. The van der Waals surface area contributed by atoms with E-state index in [2.05, 4.69) is 16.3 Å². The van der Waals surface area contributed by atoms with E-state index in [0.717, 1.165) is 12.2 Å². The molecule has 0 unspecified atom stereocenters. The summed E-state index contributed by atoms with van der Waals surface area (Å²) in [6.45, 7) is 3.46. The van der Waals surface area contributed by atoms with Crippen LogP contribution in [0.3, 0.4) is 0 Å². The van der Waals surface area contributed by atoms with Crippen LogP contribution in [0.1, 0.15) is 12.8 Å². The van der Waals surface area contributed by atoms with Crippen molar-refractivity contribution >= 4 is 0 Å². The summed E-state index contributed by atoms with van der Waals surface area (Å²) in [5.41, 5.74) is 4.99. The van der Waals surface area contributed by atoms with Crippen LogP contribution < -0.4 is 5.48 Å². The SMILES string of the molecule is C#C/C(NOC)=C1\CN2CCC1CC2. The Balaban J connectivity index is 2.20. The van der Waals surface area contributed by atoms with Crippen molar-refractivity contribution < 1.29 is 4.84 Å². The molecule has 14 heavy (non-hydrogen) atoms. The summed E-state index contributed by atoms with van der Waals surface area (Å²) in [5.74, 6) is 3.35. The van der Waals surface area contributed by atoms with Gasteiger partial charge in [0.2, 0.25) is 0 Å². The van der Waals surface area contributed by atoms with Gasteiger partial charge in [-0.3, -0.25) is 15.2 Å². The van der Waals surface area contributed by atoms with Crippen molar-refractivity contribution in [2.45, 2.75) is 12.8 Å². The summed E-state index contributed by atoms with van der Waals surface area (Å²) in [6.07, 6.45) is 7.94. The van der Waals surface area contributed by atoms with Gasteiger partial charge in [-0.25, -0.2) is 0 Å². The number of rotatable bonds is 2. The molecule has 3 rings (SSSR count). The van der Waals surface area contributed by atoms with E-state index in [1.165, 1.54) is 31.5 Å². The zero-order valence-electron chi connectivity index (χ0n) is 8.55. The summed E-state index contributed by atoms with van der Waals surface area (Å²) < 4.78 is 0. The Kier molecular flexibility index (Phi) is 2.76. The molecule has 3 heterocycles. The van der Waals surface area contributed by atoms with Crippen molar-refractivity contribution in [1.29, 1.82) is 0 Å². The topological polar surface area (TPSA) is 24.5 Å². The predicted molar refractivity (Wildman–Crippen MR) is 55.2 cm³/mol. The molecule has 2 bridgehead atoms. The summed E-state index contributed by atoms with van der Waals surface area (Å²) >= 11 is 0. The van der Waals surface area contributed by atoms with Gasteiger partial charge in [-0.05, 0) is 37.4 Å². The molecule has 0 aromatic heterocycles. The van der Waals surface area contributed by atoms with Crippen molar-refractivity contribution in [2.75, 3.05) is 26.7 Å². The molecule has 3 aliphatic heterocycles. The fraction of sp³-hybridized carbons (Fsp3) is 0.636. The highest BCUT2D eigenvalue weighted by Gasteiger charge is 2.31. The second-order valence-electron chi connectivity index (χ2n) is 3.90. The Bertz CT molecular complexity index is 282.